The van der Waals surface area contributed by atoms with E-state index in [1.54, 1.807) is 11.3 Å². The molecular weight excluding hydrogens is 400 g/mol. The van der Waals surface area contributed by atoms with E-state index in [1.807, 2.05) is 0 Å². The molecule has 1 aromatic heterocycles. The highest BCUT2D eigenvalue weighted by molar-refractivity contribution is 9.10. The first-order valence-electron chi connectivity index (χ1n) is 6.41. The maximum absolute atomic E-state index is 6.21. The molecular formula is C15H18Br2N2S. The molecule has 0 fully saturated rings. The van der Waals surface area contributed by atoms with Crippen molar-refractivity contribution in [2.75, 3.05) is 7.05 Å². The molecule has 2 unspecified atom stereocenters. The van der Waals surface area contributed by atoms with Gasteiger partial charge in [0.15, 0.2) is 0 Å². The highest BCUT2D eigenvalue weighted by Gasteiger charge is 2.21. The highest BCUT2D eigenvalue weighted by atomic mass is 79.9. The van der Waals surface area contributed by atoms with Crippen molar-refractivity contribution in [3.05, 3.63) is 55.1 Å². The van der Waals surface area contributed by atoms with Crippen molar-refractivity contribution in [3.8, 4) is 0 Å². The van der Waals surface area contributed by atoms with Crippen LogP contribution in [0.15, 0.2) is 44.7 Å². The molecule has 0 aliphatic heterocycles. The lowest BCUT2D eigenvalue weighted by molar-refractivity contribution is 0.212. The zero-order valence-corrected chi connectivity index (χ0v) is 15.5. The van der Waals surface area contributed by atoms with Gasteiger partial charge in [0.05, 0.1) is 0 Å². The first-order valence-corrected chi connectivity index (χ1v) is 8.88. The van der Waals surface area contributed by atoms with Crippen LogP contribution in [0.4, 0.5) is 0 Å². The van der Waals surface area contributed by atoms with Crippen molar-refractivity contribution in [2.45, 2.75) is 25.6 Å². The number of nitrogens with two attached hydrogens (primary N) is 1. The van der Waals surface area contributed by atoms with Gasteiger partial charge in [-0.1, -0.05) is 28.1 Å². The molecule has 5 heteroatoms. The Morgan fingerprint density at radius 3 is 2.35 bits per heavy atom. The summed E-state index contributed by atoms with van der Waals surface area (Å²) in [4.78, 5) is 3.65. The van der Waals surface area contributed by atoms with E-state index in [9.17, 15) is 0 Å². The van der Waals surface area contributed by atoms with E-state index in [-0.39, 0.29) is 12.1 Å². The van der Waals surface area contributed by atoms with Gasteiger partial charge in [-0.3, -0.25) is 4.90 Å². The van der Waals surface area contributed by atoms with Gasteiger partial charge in [-0.15, -0.1) is 11.3 Å². The number of nitrogens with zero attached hydrogens (tertiary/aromatic N) is 1. The van der Waals surface area contributed by atoms with Gasteiger partial charge in [-0.2, -0.15) is 0 Å². The zero-order valence-electron chi connectivity index (χ0n) is 11.5. The topological polar surface area (TPSA) is 29.3 Å². The Labute approximate surface area is 141 Å². The zero-order chi connectivity index (χ0) is 14.7. The van der Waals surface area contributed by atoms with Crippen LogP contribution in [0, 0.1) is 0 Å². The summed E-state index contributed by atoms with van der Waals surface area (Å²) in [6.07, 6.45) is 0. The number of hydrogen-bond acceptors (Lipinski definition) is 3. The van der Waals surface area contributed by atoms with E-state index in [2.05, 4.69) is 86.4 Å². The van der Waals surface area contributed by atoms with Gasteiger partial charge in [0.2, 0.25) is 0 Å². The smallest absolute Gasteiger partial charge is 0.0497 e. The molecule has 20 heavy (non-hydrogen) atoms. The number of hydrogen-bond donors (Lipinski definition) is 1. The third-order valence-electron chi connectivity index (χ3n) is 3.21. The summed E-state index contributed by atoms with van der Waals surface area (Å²) in [6, 6.07) is 10.9. The Balaban J connectivity index is 2.17. The molecule has 2 aromatic rings. The van der Waals surface area contributed by atoms with Crippen molar-refractivity contribution in [3.63, 3.8) is 0 Å². The molecule has 1 aromatic carbocycles. The van der Waals surface area contributed by atoms with Crippen LogP contribution in [0.2, 0.25) is 0 Å². The minimum absolute atomic E-state index is 0.0737. The predicted molar refractivity (Wildman–Crippen MR) is 94.0 cm³/mol. The first kappa shape index (κ1) is 16.2. The maximum atomic E-state index is 6.21. The Bertz CT molecular complexity index is 551. The van der Waals surface area contributed by atoms with E-state index in [0.717, 1.165) is 15.5 Å². The Morgan fingerprint density at radius 1 is 1.20 bits per heavy atom. The Kier molecular flexibility index (Phi) is 5.81. The second-order valence-electron chi connectivity index (χ2n) is 5.00. The number of rotatable bonds is 5. The van der Waals surface area contributed by atoms with Crippen LogP contribution in [0.3, 0.4) is 0 Å². The molecule has 0 spiro atoms. The van der Waals surface area contributed by atoms with Crippen LogP contribution in [0.25, 0.3) is 0 Å². The monoisotopic (exact) mass is 416 g/mol. The quantitative estimate of drug-likeness (QED) is 0.757. The van der Waals surface area contributed by atoms with Crippen molar-refractivity contribution in [1.82, 2.24) is 4.90 Å². The number of benzene rings is 1. The maximum Gasteiger partial charge on any atom is 0.0497 e. The van der Waals surface area contributed by atoms with E-state index < -0.39 is 0 Å². The molecule has 0 saturated carbocycles. The summed E-state index contributed by atoms with van der Waals surface area (Å²) in [5.74, 6) is 0. The second kappa shape index (κ2) is 7.18. The summed E-state index contributed by atoms with van der Waals surface area (Å²) in [5, 5.41) is 2.11. The SMILES string of the molecule is CC(N)C(c1ccc(Br)cc1)N(C)Cc1cc(Br)cs1. The van der Waals surface area contributed by atoms with Crippen LogP contribution >= 0.6 is 43.2 Å². The number of likely N-dealkylation sites (N-methyl/N-ethyl adjacent to an activating group) is 1. The summed E-state index contributed by atoms with van der Waals surface area (Å²) in [6.45, 7) is 2.96. The minimum Gasteiger partial charge on any atom is -0.326 e. The third kappa shape index (κ3) is 4.15. The molecule has 108 valence electrons. The Morgan fingerprint density at radius 2 is 1.85 bits per heavy atom. The van der Waals surface area contributed by atoms with Gasteiger partial charge < -0.3 is 5.73 Å². The average Bonchev–Trinajstić information content (AvgIpc) is 2.77. The van der Waals surface area contributed by atoms with Gasteiger partial charge in [0, 0.05) is 37.8 Å². The first-order chi connectivity index (χ1) is 9.47. The van der Waals surface area contributed by atoms with Crippen LogP contribution < -0.4 is 5.73 Å². The van der Waals surface area contributed by atoms with E-state index in [4.69, 9.17) is 5.73 Å². The van der Waals surface area contributed by atoms with Crippen LogP contribution in [0.1, 0.15) is 23.4 Å². The van der Waals surface area contributed by atoms with Crippen LogP contribution in [-0.4, -0.2) is 18.0 Å². The molecule has 2 atom stereocenters. The molecule has 0 aliphatic carbocycles. The van der Waals surface area contributed by atoms with Crippen molar-refractivity contribution in [2.24, 2.45) is 5.73 Å². The standard InChI is InChI=1S/C15H18Br2N2S/c1-10(18)15(11-3-5-12(16)6-4-11)19(2)8-14-7-13(17)9-20-14/h3-7,9-10,15H,8,18H2,1-2H3. The summed E-state index contributed by atoms with van der Waals surface area (Å²) in [7, 11) is 2.13. The number of halogens is 2. The molecule has 2 N–H and O–H groups in total. The van der Waals surface area contributed by atoms with Gasteiger partial charge in [-0.25, -0.2) is 0 Å². The molecule has 0 saturated heterocycles. The molecule has 0 amide bonds. The summed E-state index contributed by atoms with van der Waals surface area (Å²) < 4.78 is 2.24. The molecule has 0 radical (unpaired) electrons. The van der Waals surface area contributed by atoms with E-state index >= 15 is 0 Å². The van der Waals surface area contributed by atoms with Gasteiger partial charge in [0.25, 0.3) is 0 Å². The fourth-order valence-corrected chi connectivity index (χ4v) is 4.18. The van der Waals surface area contributed by atoms with E-state index in [0.29, 0.717) is 0 Å². The lowest BCUT2D eigenvalue weighted by atomic mass is 9.99. The van der Waals surface area contributed by atoms with E-state index in [1.165, 1.54) is 10.4 Å². The largest absolute Gasteiger partial charge is 0.326 e. The van der Waals surface area contributed by atoms with Gasteiger partial charge in [-0.05, 0) is 53.7 Å². The fourth-order valence-electron chi connectivity index (χ4n) is 2.40. The van der Waals surface area contributed by atoms with Crippen LogP contribution in [0.5, 0.6) is 0 Å². The molecule has 1 heterocycles. The van der Waals surface area contributed by atoms with Gasteiger partial charge >= 0.3 is 0 Å². The van der Waals surface area contributed by atoms with Gasteiger partial charge in [0.1, 0.15) is 0 Å². The third-order valence-corrected chi connectivity index (χ3v) is 5.42. The normalized spacial score (nSPS) is 14.5. The Hall–Kier alpha value is -0.200. The second-order valence-corrected chi connectivity index (χ2v) is 7.83. The summed E-state index contributed by atoms with van der Waals surface area (Å²) in [5.41, 5.74) is 7.46. The predicted octanol–water partition coefficient (Wildman–Crippen LogP) is 4.79. The minimum atomic E-state index is 0.0737. The lowest BCUT2D eigenvalue weighted by Crippen LogP contribution is -2.36. The van der Waals surface area contributed by atoms with Crippen molar-refractivity contribution < 1.29 is 0 Å². The fraction of sp³-hybridized carbons (Fsp3) is 0.333. The van der Waals surface area contributed by atoms with Crippen molar-refractivity contribution >= 4 is 43.2 Å². The molecule has 2 rings (SSSR count). The summed E-state index contributed by atoms with van der Waals surface area (Å²) >= 11 is 8.75. The number of thiophene rings is 1. The van der Waals surface area contributed by atoms with Crippen LogP contribution in [-0.2, 0) is 6.54 Å². The molecule has 2 nitrogen and oxygen atoms in total. The molecule has 0 aliphatic rings. The van der Waals surface area contributed by atoms with Crippen molar-refractivity contribution in [1.29, 1.82) is 0 Å². The lowest BCUT2D eigenvalue weighted by Gasteiger charge is -2.31. The average molecular weight is 418 g/mol. The molecule has 0 bridgehead atoms. The highest BCUT2D eigenvalue weighted by Crippen LogP contribution is 2.28.